The molecule has 0 amide bonds. The average Bonchev–Trinajstić information content (AvgIpc) is 2.06. The Labute approximate surface area is 79.0 Å². The second-order valence-corrected chi connectivity index (χ2v) is 4.75. The lowest BCUT2D eigenvalue weighted by atomic mass is 10.4. The highest BCUT2D eigenvalue weighted by Gasteiger charge is 1.98. The third-order valence-corrected chi connectivity index (χ3v) is 3.06. The topological polar surface area (TPSA) is 3.24 Å². The Balaban J connectivity index is 3.47. The minimum absolute atomic E-state index is 0.265. The predicted octanol–water partition coefficient (Wildman–Crippen LogP) is 1.69. The van der Waals surface area contributed by atoms with Gasteiger partial charge in [0.15, 0.2) is 0 Å². The number of rotatable bonds is 8. The van der Waals surface area contributed by atoms with Crippen molar-refractivity contribution in [3.05, 3.63) is 25.3 Å². The standard InChI is InChI=1S/C10H21NSi/c1-4-7-11(8-5-2)9-6-10-12-3/h4-5H,1-2,6-10,12H2,3H3. The summed E-state index contributed by atoms with van der Waals surface area (Å²) in [6, 6.07) is 1.46. The van der Waals surface area contributed by atoms with Gasteiger partial charge in [-0.2, -0.15) is 0 Å². The highest BCUT2D eigenvalue weighted by molar-refractivity contribution is 6.33. The van der Waals surface area contributed by atoms with Gasteiger partial charge >= 0.3 is 0 Å². The predicted molar refractivity (Wildman–Crippen MR) is 60.7 cm³/mol. The molecule has 12 heavy (non-hydrogen) atoms. The fourth-order valence-electron chi connectivity index (χ4n) is 1.21. The van der Waals surface area contributed by atoms with Crippen LogP contribution in [0.4, 0.5) is 0 Å². The van der Waals surface area contributed by atoms with Crippen LogP contribution >= 0.6 is 0 Å². The molecule has 1 nitrogen and oxygen atoms in total. The van der Waals surface area contributed by atoms with Crippen molar-refractivity contribution in [2.24, 2.45) is 0 Å². The van der Waals surface area contributed by atoms with Crippen LogP contribution in [0.25, 0.3) is 0 Å². The van der Waals surface area contributed by atoms with Crippen molar-refractivity contribution >= 4 is 9.52 Å². The van der Waals surface area contributed by atoms with E-state index < -0.39 is 0 Å². The van der Waals surface area contributed by atoms with Crippen LogP contribution in [-0.4, -0.2) is 34.1 Å². The zero-order valence-electron chi connectivity index (χ0n) is 8.26. The molecule has 0 radical (unpaired) electrons. The lowest BCUT2D eigenvalue weighted by molar-refractivity contribution is 0.336. The first-order valence-electron chi connectivity index (χ1n) is 4.79. The van der Waals surface area contributed by atoms with Gasteiger partial charge in [-0.1, -0.05) is 24.7 Å². The van der Waals surface area contributed by atoms with E-state index in [1.807, 2.05) is 12.2 Å². The second-order valence-electron chi connectivity index (χ2n) is 3.04. The average molecular weight is 183 g/mol. The van der Waals surface area contributed by atoms with Crippen molar-refractivity contribution in [1.29, 1.82) is 0 Å². The Morgan fingerprint density at radius 3 is 2.25 bits per heavy atom. The fraction of sp³-hybridized carbons (Fsp3) is 0.600. The van der Waals surface area contributed by atoms with Crippen molar-refractivity contribution in [2.75, 3.05) is 19.6 Å². The van der Waals surface area contributed by atoms with Crippen LogP contribution in [0.1, 0.15) is 6.42 Å². The van der Waals surface area contributed by atoms with Gasteiger partial charge in [-0.15, -0.1) is 13.2 Å². The van der Waals surface area contributed by atoms with E-state index in [0.29, 0.717) is 0 Å². The largest absolute Gasteiger partial charge is 0.296 e. The molecular formula is C10H21NSi. The first kappa shape index (κ1) is 11.7. The fourth-order valence-corrected chi connectivity index (χ4v) is 1.93. The van der Waals surface area contributed by atoms with Crippen LogP contribution in [0.5, 0.6) is 0 Å². The summed E-state index contributed by atoms with van der Waals surface area (Å²) in [6.07, 6.45) is 5.28. The quantitative estimate of drug-likeness (QED) is 0.314. The van der Waals surface area contributed by atoms with Gasteiger partial charge in [0.1, 0.15) is 0 Å². The third-order valence-electron chi connectivity index (χ3n) is 1.85. The van der Waals surface area contributed by atoms with Gasteiger partial charge in [0.2, 0.25) is 0 Å². The molecule has 0 aliphatic heterocycles. The summed E-state index contributed by atoms with van der Waals surface area (Å²) >= 11 is 0. The van der Waals surface area contributed by atoms with E-state index in [1.165, 1.54) is 19.0 Å². The lowest BCUT2D eigenvalue weighted by Crippen LogP contribution is -2.25. The van der Waals surface area contributed by atoms with Gasteiger partial charge < -0.3 is 0 Å². The molecule has 0 heterocycles. The highest BCUT2D eigenvalue weighted by atomic mass is 28.2. The van der Waals surface area contributed by atoms with Crippen LogP contribution in [0, 0.1) is 0 Å². The molecular weight excluding hydrogens is 162 g/mol. The maximum absolute atomic E-state index is 3.74. The Morgan fingerprint density at radius 2 is 1.83 bits per heavy atom. The molecule has 0 aromatic rings. The molecule has 2 heteroatoms. The number of hydrogen-bond acceptors (Lipinski definition) is 1. The normalized spacial score (nSPS) is 11.2. The van der Waals surface area contributed by atoms with Gasteiger partial charge in [-0.05, 0) is 13.0 Å². The molecule has 0 unspecified atom stereocenters. The molecule has 0 aliphatic carbocycles. The van der Waals surface area contributed by atoms with Gasteiger partial charge in [0.25, 0.3) is 0 Å². The van der Waals surface area contributed by atoms with Crippen LogP contribution in [-0.2, 0) is 0 Å². The Hall–Kier alpha value is -0.343. The van der Waals surface area contributed by atoms with Gasteiger partial charge in [0.05, 0.1) is 0 Å². The van der Waals surface area contributed by atoms with Crippen LogP contribution in [0.3, 0.4) is 0 Å². The minimum Gasteiger partial charge on any atom is -0.296 e. The van der Waals surface area contributed by atoms with E-state index in [0.717, 1.165) is 13.1 Å². The summed E-state index contributed by atoms with van der Waals surface area (Å²) in [6.45, 7) is 13.1. The van der Waals surface area contributed by atoms with Crippen LogP contribution in [0.2, 0.25) is 12.6 Å². The summed E-state index contributed by atoms with van der Waals surface area (Å²) in [5.41, 5.74) is 0. The van der Waals surface area contributed by atoms with Crippen molar-refractivity contribution < 1.29 is 0 Å². The summed E-state index contributed by atoms with van der Waals surface area (Å²) < 4.78 is 0. The van der Waals surface area contributed by atoms with E-state index in [-0.39, 0.29) is 9.52 Å². The van der Waals surface area contributed by atoms with Crippen LogP contribution < -0.4 is 0 Å². The maximum atomic E-state index is 3.74. The molecule has 0 bridgehead atoms. The summed E-state index contributed by atoms with van der Waals surface area (Å²) in [5, 5.41) is 0. The number of nitrogens with zero attached hydrogens (tertiary/aromatic N) is 1. The zero-order valence-corrected chi connectivity index (χ0v) is 9.67. The van der Waals surface area contributed by atoms with Crippen molar-refractivity contribution in [3.8, 4) is 0 Å². The zero-order chi connectivity index (χ0) is 9.23. The van der Waals surface area contributed by atoms with Gasteiger partial charge in [0, 0.05) is 22.6 Å². The van der Waals surface area contributed by atoms with E-state index in [4.69, 9.17) is 0 Å². The maximum Gasteiger partial charge on any atom is 0.0167 e. The molecule has 0 aromatic heterocycles. The molecule has 0 fully saturated rings. The first-order chi connectivity index (χ1) is 5.85. The molecule has 0 aliphatic rings. The Kier molecular flexibility index (Phi) is 8.50. The van der Waals surface area contributed by atoms with Crippen LogP contribution in [0.15, 0.2) is 25.3 Å². The SMILES string of the molecule is C=CCN(CC=C)CCC[SiH2]C. The molecule has 70 valence electrons. The third kappa shape index (κ3) is 6.37. The Morgan fingerprint density at radius 1 is 1.25 bits per heavy atom. The lowest BCUT2D eigenvalue weighted by Gasteiger charge is -2.17. The monoisotopic (exact) mass is 183 g/mol. The minimum atomic E-state index is 0.265. The van der Waals surface area contributed by atoms with Gasteiger partial charge in [-0.3, -0.25) is 4.90 Å². The molecule has 0 N–H and O–H groups in total. The van der Waals surface area contributed by atoms with Crippen molar-refractivity contribution in [3.63, 3.8) is 0 Å². The smallest absolute Gasteiger partial charge is 0.0167 e. The molecule has 0 saturated carbocycles. The van der Waals surface area contributed by atoms with Crippen molar-refractivity contribution in [2.45, 2.75) is 19.0 Å². The molecule has 0 rings (SSSR count). The molecule has 0 spiro atoms. The highest BCUT2D eigenvalue weighted by Crippen LogP contribution is 1.95. The van der Waals surface area contributed by atoms with E-state index >= 15 is 0 Å². The molecule has 0 atom stereocenters. The second kappa shape index (κ2) is 8.75. The summed E-state index contributed by atoms with van der Waals surface area (Å²) in [7, 11) is 0.265. The summed E-state index contributed by atoms with van der Waals surface area (Å²) in [4.78, 5) is 2.38. The molecule has 0 aromatic carbocycles. The first-order valence-corrected chi connectivity index (χ1v) is 7.20. The summed E-state index contributed by atoms with van der Waals surface area (Å²) in [5.74, 6) is 0. The van der Waals surface area contributed by atoms with Crippen molar-refractivity contribution in [1.82, 2.24) is 4.90 Å². The van der Waals surface area contributed by atoms with E-state index in [9.17, 15) is 0 Å². The van der Waals surface area contributed by atoms with Gasteiger partial charge in [-0.25, -0.2) is 0 Å². The van der Waals surface area contributed by atoms with E-state index in [1.54, 1.807) is 0 Å². The van der Waals surface area contributed by atoms with E-state index in [2.05, 4.69) is 24.6 Å². The Bertz CT molecular complexity index is 113. The molecule has 0 saturated heterocycles. The number of hydrogen-bond donors (Lipinski definition) is 0.